The average Bonchev–Trinajstić information content (AvgIpc) is 2.23. The van der Waals surface area contributed by atoms with Crippen molar-refractivity contribution < 1.29 is 4.79 Å². The van der Waals surface area contributed by atoms with Gasteiger partial charge in [-0.1, -0.05) is 17.7 Å². The molecule has 1 unspecified atom stereocenters. The van der Waals surface area contributed by atoms with E-state index in [1.165, 1.54) is 0 Å². The molecule has 0 aliphatic heterocycles. The number of anilines is 1. The molecule has 2 N–H and O–H groups in total. The van der Waals surface area contributed by atoms with Crippen LogP contribution in [0.1, 0.15) is 20.8 Å². The monoisotopic (exact) mass is 318 g/mol. The molecule has 0 aliphatic rings. The molecule has 0 bridgehead atoms. The number of carbonyl (C=O) groups excluding carboxylic acids is 1. The lowest BCUT2D eigenvalue weighted by Crippen LogP contribution is -2.41. The molecule has 3 nitrogen and oxygen atoms in total. The summed E-state index contributed by atoms with van der Waals surface area (Å²) in [6.45, 7) is 5.67. The molecule has 0 saturated heterocycles. The van der Waals surface area contributed by atoms with Gasteiger partial charge in [0.25, 0.3) is 0 Å². The summed E-state index contributed by atoms with van der Waals surface area (Å²) in [4.78, 5) is 11.7. The maximum atomic E-state index is 11.7. The third kappa shape index (κ3) is 4.21. The maximum Gasteiger partial charge on any atom is 0.242 e. The van der Waals surface area contributed by atoms with E-state index in [9.17, 15) is 4.79 Å². The van der Waals surface area contributed by atoms with Crippen LogP contribution in [-0.4, -0.2) is 18.0 Å². The molecule has 17 heavy (non-hydrogen) atoms. The van der Waals surface area contributed by atoms with Crippen LogP contribution in [0.5, 0.6) is 0 Å². The van der Waals surface area contributed by atoms with E-state index < -0.39 is 0 Å². The van der Waals surface area contributed by atoms with Gasteiger partial charge in [-0.05, 0) is 48.8 Å². The molecule has 94 valence electrons. The van der Waals surface area contributed by atoms with Crippen LogP contribution in [0, 0.1) is 0 Å². The van der Waals surface area contributed by atoms with Gasteiger partial charge in [-0.3, -0.25) is 4.79 Å². The van der Waals surface area contributed by atoms with Crippen molar-refractivity contribution in [3.63, 3.8) is 0 Å². The van der Waals surface area contributed by atoms with Crippen LogP contribution in [0.15, 0.2) is 22.7 Å². The SMILES string of the molecule is CC(C)NC(=O)C(C)Nc1cccc(Cl)c1Br. The van der Waals surface area contributed by atoms with Crippen LogP contribution < -0.4 is 10.6 Å². The molecule has 1 atom stereocenters. The number of hydrogen-bond donors (Lipinski definition) is 2. The van der Waals surface area contributed by atoms with Crippen molar-refractivity contribution >= 4 is 39.1 Å². The lowest BCUT2D eigenvalue weighted by molar-refractivity contribution is -0.122. The predicted molar refractivity (Wildman–Crippen MR) is 75.5 cm³/mol. The summed E-state index contributed by atoms with van der Waals surface area (Å²) in [7, 11) is 0. The summed E-state index contributed by atoms with van der Waals surface area (Å²) in [6, 6.07) is 5.31. The number of hydrogen-bond acceptors (Lipinski definition) is 2. The number of carbonyl (C=O) groups is 1. The van der Waals surface area contributed by atoms with E-state index in [0.717, 1.165) is 10.2 Å². The molecular formula is C12H16BrClN2O. The van der Waals surface area contributed by atoms with Crippen LogP contribution >= 0.6 is 27.5 Å². The van der Waals surface area contributed by atoms with Gasteiger partial charge >= 0.3 is 0 Å². The van der Waals surface area contributed by atoms with E-state index in [4.69, 9.17) is 11.6 Å². The second-order valence-corrected chi connectivity index (χ2v) is 5.33. The lowest BCUT2D eigenvalue weighted by atomic mass is 10.2. The normalized spacial score (nSPS) is 12.4. The number of benzene rings is 1. The van der Waals surface area contributed by atoms with Crippen LogP contribution in [0.2, 0.25) is 5.02 Å². The number of halogens is 2. The fourth-order valence-corrected chi connectivity index (χ4v) is 1.88. The fraction of sp³-hybridized carbons (Fsp3) is 0.417. The third-order valence-electron chi connectivity index (χ3n) is 2.15. The molecule has 0 aromatic heterocycles. The topological polar surface area (TPSA) is 41.1 Å². The van der Waals surface area contributed by atoms with Gasteiger partial charge in [0.1, 0.15) is 6.04 Å². The molecule has 0 spiro atoms. The van der Waals surface area contributed by atoms with Crippen LogP contribution in [0.4, 0.5) is 5.69 Å². The van der Waals surface area contributed by atoms with Crippen LogP contribution in [0.25, 0.3) is 0 Å². The Morgan fingerprint density at radius 3 is 2.59 bits per heavy atom. The second kappa shape index (κ2) is 6.26. The molecule has 1 aromatic rings. The first-order valence-electron chi connectivity index (χ1n) is 5.42. The third-order valence-corrected chi connectivity index (χ3v) is 3.55. The smallest absolute Gasteiger partial charge is 0.242 e. The van der Waals surface area contributed by atoms with Gasteiger partial charge in [-0.15, -0.1) is 0 Å². The highest BCUT2D eigenvalue weighted by molar-refractivity contribution is 9.10. The highest BCUT2D eigenvalue weighted by Gasteiger charge is 2.14. The zero-order valence-electron chi connectivity index (χ0n) is 10.1. The summed E-state index contributed by atoms with van der Waals surface area (Å²) in [5.41, 5.74) is 0.809. The highest BCUT2D eigenvalue weighted by Crippen LogP contribution is 2.30. The van der Waals surface area contributed by atoms with Crippen LogP contribution in [-0.2, 0) is 4.79 Å². The van der Waals surface area contributed by atoms with E-state index in [1.54, 1.807) is 6.07 Å². The van der Waals surface area contributed by atoms with Crippen molar-refractivity contribution in [2.75, 3.05) is 5.32 Å². The van der Waals surface area contributed by atoms with Crippen molar-refractivity contribution in [1.29, 1.82) is 0 Å². The van der Waals surface area contributed by atoms with Gasteiger partial charge in [0.05, 0.1) is 15.2 Å². The Balaban J connectivity index is 2.71. The van der Waals surface area contributed by atoms with Crippen LogP contribution in [0.3, 0.4) is 0 Å². The van der Waals surface area contributed by atoms with Crippen molar-refractivity contribution in [3.8, 4) is 0 Å². The molecule has 0 aliphatic carbocycles. The molecule has 0 radical (unpaired) electrons. The van der Waals surface area contributed by atoms with E-state index >= 15 is 0 Å². The standard InChI is InChI=1S/C12H16BrClN2O/c1-7(2)15-12(17)8(3)16-10-6-4-5-9(14)11(10)13/h4-8,16H,1-3H3,(H,15,17). The molecule has 0 fully saturated rings. The van der Waals surface area contributed by atoms with E-state index in [2.05, 4.69) is 26.6 Å². The number of nitrogens with one attached hydrogen (secondary N) is 2. The summed E-state index contributed by atoms with van der Waals surface area (Å²) in [6.07, 6.45) is 0. The van der Waals surface area contributed by atoms with E-state index in [1.807, 2.05) is 32.9 Å². The minimum atomic E-state index is -0.313. The zero-order valence-corrected chi connectivity index (χ0v) is 12.4. The Morgan fingerprint density at radius 2 is 2.00 bits per heavy atom. The first kappa shape index (κ1) is 14.3. The molecule has 1 amide bonds. The van der Waals surface area contributed by atoms with Gasteiger partial charge in [0, 0.05) is 6.04 Å². The molecule has 5 heteroatoms. The number of amides is 1. The molecule has 1 rings (SSSR count). The Bertz CT molecular complexity index is 409. The minimum absolute atomic E-state index is 0.0353. The summed E-state index contributed by atoms with van der Waals surface area (Å²) >= 11 is 9.36. The van der Waals surface area contributed by atoms with Gasteiger partial charge in [0.2, 0.25) is 5.91 Å². The summed E-state index contributed by atoms with van der Waals surface area (Å²) in [5.74, 6) is -0.0353. The lowest BCUT2D eigenvalue weighted by Gasteiger charge is -2.18. The maximum absolute atomic E-state index is 11.7. The first-order valence-corrected chi connectivity index (χ1v) is 6.60. The second-order valence-electron chi connectivity index (χ2n) is 4.13. The van der Waals surface area contributed by atoms with Gasteiger partial charge < -0.3 is 10.6 Å². The molecule has 0 saturated carbocycles. The van der Waals surface area contributed by atoms with E-state index in [0.29, 0.717) is 5.02 Å². The first-order chi connectivity index (χ1) is 7.91. The highest BCUT2D eigenvalue weighted by atomic mass is 79.9. The Hall–Kier alpha value is -0.740. The fourth-order valence-electron chi connectivity index (χ4n) is 1.32. The minimum Gasteiger partial charge on any atom is -0.373 e. The molecule has 1 aromatic carbocycles. The van der Waals surface area contributed by atoms with Gasteiger partial charge in [0.15, 0.2) is 0 Å². The summed E-state index contributed by atoms with van der Waals surface area (Å²) in [5, 5.41) is 6.58. The summed E-state index contributed by atoms with van der Waals surface area (Å²) < 4.78 is 0.769. The van der Waals surface area contributed by atoms with Gasteiger partial charge in [-0.2, -0.15) is 0 Å². The van der Waals surface area contributed by atoms with Crippen molar-refractivity contribution in [1.82, 2.24) is 5.32 Å². The average molecular weight is 320 g/mol. The van der Waals surface area contributed by atoms with Crippen molar-refractivity contribution in [2.45, 2.75) is 32.9 Å². The Morgan fingerprint density at radius 1 is 1.35 bits per heavy atom. The van der Waals surface area contributed by atoms with E-state index in [-0.39, 0.29) is 18.0 Å². The quantitative estimate of drug-likeness (QED) is 0.893. The molecular weight excluding hydrogens is 304 g/mol. The Kier molecular flexibility index (Phi) is 5.28. The predicted octanol–water partition coefficient (Wildman–Crippen LogP) is 3.43. The van der Waals surface area contributed by atoms with Crippen molar-refractivity contribution in [2.24, 2.45) is 0 Å². The van der Waals surface area contributed by atoms with Gasteiger partial charge in [-0.25, -0.2) is 0 Å². The zero-order chi connectivity index (χ0) is 13.0. The largest absolute Gasteiger partial charge is 0.373 e. The number of rotatable bonds is 4. The molecule has 0 heterocycles. The Labute approximate surface area is 115 Å². The van der Waals surface area contributed by atoms with Crippen molar-refractivity contribution in [3.05, 3.63) is 27.7 Å².